The molecule has 0 saturated carbocycles. The van der Waals surface area contributed by atoms with Crippen LogP contribution in [0.2, 0.25) is 5.28 Å². The van der Waals surface area contributed by atoms with Crippen LogP contribution < -0.4 is 5.73 Å². The van der Waals surface area contributed by atoms with E-state index in [-0.39, 0.29) is 23.4 Å². The molecule has 2 aromatic rings. The Morgan fingerprint density at radius 2 is 2.32 bits per heavy atom. The molecule has 0 amide bonds. The second kappa shape index (κ2) is 5.04. The van der Waals surface area contributed by atoms with Crippen LogP contribution in [0, 0.1) is 0 Å². The maximum absolute atomic E-state index is 14.6. The van der Waals surface area contributed by atoms with Gasteiger partial charge in [-0.05, 0) is 11.6 Å². The number of anilines is 1. The molecule has 4 rings (SSSR count). The number of hydrogen-bond acceptors (Lipinski definition) is 8. The number of alkyl halides is 1. The SMILES string of the molecule is Nc1nc(Cl)nc2c1ncn2C1OC2CO[P+](=O)OC2C1F. The number of aromatic nitrogens is 4. The van der Waals surface area contributed by atoms with Gasteiger partial charge < -0.3 is 10.5 Å². The molecule has 2 aliphatic rings. The third-order valence-corrected chi connectivity index (χ3v) is 4.46. The van der Waals surface area contributed by atoms with Crippen LogP contribution in [0.15, 0.2) is 6.33 Å². The molecule has 0 aromatic carbocycles. The van der Waals surface area contributed by atoms with Crippen LogP contribution in [-0.2, 0) is 18.3 Å². The van der Waals surface area contributed by atoms with Crippen molar-refractivity contribution >= 4 is 36.8 Å². The largest absolute Gasteiger partial charge is 0.697 e. The van der Waals surface area contributed by atoms with Gasteiger partial charge in [0.2, 0.25) is 5.28 Å². The summed E-state index contributed by atoms with van der Waals surface area (Å²) in [5, 5.41) is -0.0831. The minimum Gasteiger partial charge on any atom is -0.382 e. The van der Waals surface area contributed by atoms with Crippen LogP contribution in [0.1, 0.15) is 6.23 Å². The highest BCUT2D eigenvalue weighted by Gasteiger charge is 2.56. The Morgan fingerprint density at radius 1 is 1.50 bits per heavy atom. The number of imidazole rings is 1. The van der Waals surface area contributed by atoms with Gasteiger partial charge >= 0.3 is 8.25 Å². The van der Waals surface area contributed by atoms with Crippen molar-refractivity contribution in [3.05, 3.63) is 11.6 Å². The first kappa shape index (κ1) is 14.2. The molecule has 2 fully saturated rings. The van der Waals surface area contributed by atoms with E-state index in [1.807, 2.05) is 0 Å². The summed E-state index contributed by atoms with van der Waals surface area (Å²) in [6.45, 7) is -0.0126. The van der Waals surface area contributed by atoms with Gasteiger partial charge in [-0.15, -0.1) is 9.05 Å². The number of nitrogens with two attached hydrogens (primary N) is 1. The first-order chi connectivity index (χ1) is 10.5. The minimum absolute atomic E-state index is 0.0126. The lowest BCUT2D eigenvalue weighted by atomic mass is 10.1. The van der Waals surface area contributed by atoms with Crippen LogP contribution in [0.25, 0.3) is 11.2 Å². The number of hydrogen-bond donors (Lipinski definition) is 1. The highest BCUT2D eigenvalue weighted by Crippen LogP contribution is 2.44. The van der Waals surface area contributed by atoms with Gasteiger partial charge in [-0.1, -0.05) is 0 Å². The summed E-state index contributed by atoms with van der Waals surface area (Å²) >= 11 is 5.78. The summed E-state index contributed by atoms with van der Waals surface area (Å²) in [5.74, 6) is 0.0854. The number of nitrogens with zero attached hydrogens (tertiary/aromatic N) is 4. The van der Waals surface area contributed by atoms with Gasteiger partial charge in [0.25, 0.3) is 0 Å². The monoisotopic (exact) mass is 348 g/mol. The first-order valence-corrected chi connectivity index (χ1v) is 7.74. The summed E-state index contributed by atoms with van der Waals surface area (Å²) in [5.41, 5.74) is 6.24. The number of ether oxygens (including phenoxy) is 1. The van der Waals surface area contributed by atoms with Crippen LogP contribution in [-0.4, -0.2) is 44.5 Å². The van der Waals surface area contributed by atoms with E-state index in [2.05, 4.69) is 15.0 Å². The van der Waals surface area contributed by atoms with E-state index >= 15 is 0 Å². The number of nitrogen functional groups attached to an aromatic ring is 1. The van der Waals surface area contributed by atoms with Crippen LogP contribution in [0.4, 0.5) is 10.2 Å². The Balaban J connectivity index is 1.75. The summed E-state index contributed by atoms with van der Waals surface area (Å²) in [6.07, 6.45) is -2.94. The highest BCUT2D eigenvalue weighted by atomic mass is 35.5. The zero-order chi connectivity index (χ0) is 15.4. The molecule has 9 nitrogen and oxygen atoms in total. The van der Waals surface area contributed by atoms with E-state index in [9.17, 15) is 8.96 Å². The zero-order valence-electron chi connectivity index (χ0n) is 10.8. The molecule has 5 unspecified atom stereocenters. The fourth-order valence-electron chi connectivity index (χ4n) is 2.54. The normalized spacial score (nSPS) is 33.3. The smallest absolute Gasteiger partial charge is 0.382 e. The molecule has 116 valence electrons. The van der Waals surface area contributed by atoms with Gasteiger partial charge in [-0.2, -0.15) is 9.97 Å². The molecule has 22 heavy (non-hydrogen) atoms. The van der Waals surface area contributed by atoms with Gasteiger partial charge in [0.1, 0.15) is 18.2 Å². The summed E-state index contributed by atoms with van der Waals surface area (Å²) < 4.78 is 42.6. The van der Waals surface area contributed by atoms with Gasteiger partial charge in [0, 0.05) is 4.57 Å². The Bertz CT molecular complexity index is 775. The van der Waals surface area contributed by atoms with Crippen LogP contribution in [0.5, 0.6) is 0 Å². The number of rotatable bonds is 1. The van der Waals surface area contributed by atoms with Crippen molar-refractivity contribution in [3.63, 3.8) is 0 Å². The molecule has 0 bridgehead atoms. The second-order valence-corrected chi connectivity index (χ2v) is 6.06. The summed E-state index contributed by atoms with van der Waals surface area (Å²) in [6, 6.07) is 0. The molecule has 12 heteroatoms. The van der Waals surface area contributed by atoms with E-state index in [4.69, 9.17) is 31.1 Å². The highest BCUT2D eigenvalue weighted by molar-refractivity contribution is 7.33. The molecule has 0 radical (unpaired) electrons. The topological polar surface area (TPSA) is 114 Å². The fourth-order valence-corrected chi connectivity index (χ4v) is 3.49. The van der Waals surface area contributed by atoms with Crippen molar-refractivity contribution in [2.45, 2.75) is 24.6 Å². The molecule has 2 aromatic heterocycles. The number of fused-ring (bicyclic) bond motifs is 2. The van der Waals surface area contributed by atoms with Gasteiger partial charge in [-0.3, -0.25) is 4.57 Å². The summed E-state index contributed by atoms with van der Waals surface area (Å²) in [4.78, 5) is 11.8. The van der Waals surface area contributed by atoms with Gasteiger partial charge in [-0.25, -0.2) is 9.37 Å². The molecular formula is C10H9ClFN5O4P+. The van der Waals surface area contributed by atoms with E-state index < -0.39 is 32.9 Å². The zero-order valence-corrected chi connectivity index (χ0v) is 12.4. The van der Waals surface area contributed by atoms with Crippen molar-refractivity contribution in [2.24, 2.45) is 0 Å². The molecule has 2 saturated heterocycles. The minimum atomic E-state index is -2.33. The Morgan fingerprint density at radius 3 is 3.14 bits per heavy atom. The van der Waals surface area contributed by atoms with Crippen LogP contribution >= 0.6 is 19.9 Å². The van der Waals surface area contributed by atoms with E-state index in [1.165, 1.54) is 10.9 Å². The molecular weight excluding hydrogens is 340 g/mol. The Labute approximate surface area is 128 Å². The molecule has 4 heterocycles. The maximum Gasteiger partial charge on any atom is 0.697 e. The second-order valence-electron chi connectivity index (χ2n) is 4.80. The standard InChI is InChI=1S/C10H9ClFN5O4P/c11-10-15-7(13)5-8(16-10)17(2-14-5)9-4(12)6-3(20-9)1-19-22(18)21-6/h2-4,6,9H,1H2,(H2,13,15,16)/q+1. The van der Waals surface area contributed by atoms with Gasteiger partial charge in [0.15, 0.2) is 30.0 Å². The van der Waals surface area contributed by atoms with E-state index in [1.54, 1.807) is 0 Å². The van der Waals surface area contributed by atoms with Crippen LogP contribution in [0.3, 0.4) is 0 Å². The van der Waals surface area contributed by atoms with E-state index in [0.29, 0.717) is 5.52 Å². The lowest BCUT2D eigenvalue weighted by molar-refractivity contribution is -0.0533. The third-order valence-electron chi connectivity index (χ3n) is 3.51. The molecule has 5 atom stereocenters. The van der Waals surface area contributed by atoms with E-state index in [0.717, 1.165) is 0 Å². The van der Waals surface area contributed by atoms with Crippen molar-refractivity contribution < 1.29 is 22.7 Å². The lowest BCUT2D eigenvalue weighted by Gasteiger charge is -2.14. The Kier molecular flexibility index (Phi) is 3.24. The predicted octanol–water partition coefficient (Wildman–Crippen LogP) is 1.37. The lowest BCUT2D eigenvalue weighted by Crippen LogP contribution is -2.35. The molecule has 0 spiro atoms. The Hall–Kier alpha value is -1.45. The van der Waals surface area contributed by atoms with Crippen molar-refractivity contribution in [3.8, 4) is 0 Å². The quantitative estimate of drug-likeness (QED) is 0.607. The molecule has 0 aliphatic carbocycles. The third kappa shape index (κ3) is 2.07. The van der Waals surface area contributed by atoms with Crippen molar-refractivity contribution in [1.82, 2.24) is 19.5 Å². The molecule has 2 aliphatic heterocycles. The fraction of sp³-hybridized carbons (Fsp3) is 0.500. The summed E-state index contributed by atoms with van der Waals surface area (Å²) in [7, 11) is -2.33. The van der Waals surface area contributed by atoms with Crippen molar-refractivity contribution in [1.29, 1.82) is 0 Å². The predicted molar refractivity (Wildman–Crippen MR) is 72.0 cm³/mol. The molecule has 2 N–H and O–H groups in total. The van der Waals surface area contributed by atoms with Crippen molar-refractivity contribution in [2.75, 3.05) is 12.3 Å². The average Bonchev–Trinajstić information content (AvgIpc) is 3.01. The first-order valence-electron chi connectivity index (χ1n) is 6.26. The van der Waals surface area contributed by atoms with Gasteiger partial charge in [0.05, 0.1) is 6.33 Å². The number of halogens is 2. The maximum atomic E-state index is 14.6. The average molecular weight is 349 g/mol.